The fourth-order valence-electron chi connectivity index (χ4n) is 6.43. The number of nitrogens with two attached hydrogens (primary N) is 1. The number of carbonyl (C=O) groups is 9. The average molecular weight is 1050 g/mol. The first-order chi connectivity index (χ1) is 33.8. The predicted octanol–water partition coefficient (Wildman–Crippen LogP) is -0.632. The number of carboxylic acids is 1. The molecule has 27 heteroatoms. The predicted molar refractivity (Wildman–Crippen MR) is 258 cm³/mol. The Kier molecular flexibility index (Phi) is 27.3. The van der Waals surface area contributed by atoms with Gasteiger partial charge in [-0.25, -0.2) is 33.5 Å². The minimum absolute atomic E-state index is 0.0432. The fourth-order valence-corrected chi connectivity index (χ4v) is 6.43. The number of unbranched alkanes of at least 4 members (excludes halogenated alkanes) is 3. The van der Waals surface area contributed by atoms with E-state index in [1.807, 2.05) is 0 Å². The lowest BCUT2D eigenvalue weighted by molar-refractivity contribution is -0.166. The van der Waals surface area contributed by atoms with Crippen LogP contribution in [-0.2, 0) is 54.1 Å². The molecule has 0 spiro atoms. The maximum atomic E-state index is 14.5. The van der Waals surface area contributed by atoms with Crippen molar-refractivity contribution >= 4 is 53.8 Å². The van der Waals surface area contributed by atoms with E-state index in [9.17, 15) is 63.6 Å². The Labute approximate surface area is 424 Å². The van der Waals surface area contributed by atoms with Gasteiger partial charge in [-0.2, -0.15) is 0 Å². The van der Waals surface area contributed by atoms with Gasteiger partial charge in [-0.15, -0.1) is 0 Å². The van der Waals surface area contributed by atoms with Crippen LogP contribution < -0.4 is 37.6 Å². The van der Waals surface area contributed by atoms with E-state index in [0.717, 1.165) is 18.0 Å². The number of rotatable bonds is 29. The Balaban J connectivity index is 3.58. The normalized spacial score (nSPS) is 15.1. The minimum Gasteiger partial charge on any atom is -0.479 e. The van der Waals surface area contributed by atoms with Crippen molar-refractivity contribution in [2.24, 2.45) is 5.73 Å². The number of aromatic nitrogens is 2. The molecule has 73 heavy (non-hydrogen) atoms. The number of methoxy groups -OCH3 is 1. The molecule has 416 valence electrons. The Hall–Kier alpha value is -6.16. The van der Waals surface area contributed by atoms with Crippen molar-refractivity contribution in [3.8, 4) is 0 Å². The van der Waals surface area contributed by atoms with Gasteiger partial charge in [0.15, 0.2) is 12.2 Å². The van der Waals surface area contributed by atoms with E-state index in [-0.39, 0.29) is 57.3 Å². The van der Waals surface area contributed by atoms with Crippen LogP contribution in [0.2, 0.25) is 0 Å². The molecule has 0 aliphatic heterocycles. The summed E-state index contributed by atoms with van der Waals surface area (Å²) in [7, 11) is 1.15. The molecule has 0 saturated carbocycles. The summed E-state index contributed by atoms with van der Waals surface area (Å²) >= 11 is 0. The summed E-state index contributed by atoms with van der Waals surface area (Å²) in [6.07, 6.45) is -8.58. The molecule has 0 aliphatic rings. The van der Waals surface area contributed by atoms with Gasteiger partial charge in [0.2, 0.25) is 17.7 Å². The van der Waals surface area contributed by atoms with E-state index < -0.39 is 126 Å². The first kappa shape index (κ1) is 64.9. The number of esters is 1. The Morgan fingerprint density at radius 3 is 1.56 bits per heavy atom. The van der Waals surface area contributed by atoms with Crippen LogP contribution in [-0.4, -0.2) is 181 Å². The van der Waals surface area contributed by atoms with E-state index in [1.54, 1.807) is 62.3 Å². The van der Waals surface area contributed by atoms with Crippen LogP contribution >= 0.6 is 0 Å². The number of nitrogens with zero attached hydrogens (tertiary/aromatic N) is 2. The number of carbonyl (C=O) groups excluding carboxylic acids is 8. The van der Waals surface area contributed by atoms with Crippen LogP contribution in [0.4, 0.5) is 14.4 Å². The van der Waals surface area contributed by atoms with Gasteiger partial charge in [0.25, 0.3) is 5.91 Å². The van der Waals surface area contributed by atoms with E-state index in [2.05, 4.69) is 36.9 Å². The van der Waals surface area contributed by atoms with Crippen molar-refractivity contribution in [2.75, 3.05) is 26.7 Å². The molecule has 13 N–H and O–H groups in total. The molecule has 1 rings (SSSR count). The molecular weight excluding hydrogens is 967 g/mol. The van der Waals surface area contributed by atoms with Crippen LogP contribution in [0.5, 0.6) is 0 Å². The quantitative estimate of drug-likeness (QED) is 0.0270. The topological polar surface area (TPSA) is 408 Å². The molecule has 0 radical (unpaired) electrons. The molecule has 0 aromatic carbocycles. The number of aliphatic hydroxyl groups is 4. The number of hydrogen-bond donors (Lipinski definition) is 12. The molecular formula is C46H79N9O18. The summed E-state index contributed by atoms with van der Waals surface area (Å²) < 4.78 is 22.0. The van der Waals surface area contributed by atoms with Gasteiger partial charge >= 0.3 is 30.2 Å². The van der Waals surface area contributed by atoms with Gasteiger partial charge in [-0.05, 0) is 127 Å². The molecule has 0 aliphatic carbocycles. The van der Waals surface area contributed by atoms with Crippen molar-refractivity contribution < 1.29 is 87.6 Å². The van der Waals surface area contributed by atoms with Crippen LogP contribution in [0.1, 0.15) is 126 Å². The van der Waals surface area contributed by atoms with Gasteiger partial charge < -0.3 is 82.1 Å². The summed E-state index contributed by atoms with van der Waals surface area (Å²) in [5.74, 6) is -6.56. The maximum absolute atomic E-state index is 14.5. The van der Waals surface area contributed by atoms with E-state index in [0.29, 0.717) is 25.8 Å². The smallest absolute Gasteiger partial charge is 0.419 e. The zero-order valence-corrected chi connectivity index (χ0v) is 43.5. The van der Waals surface area contributed by atoms with Gasteiger partial charge in [-0.3, -0.25) is 19.2 Å². The summed E-state index contributed by atoms with van der Waals surface area (Å²) in [6.45, 7) is 15.0. The highest BCUT2D eigenvalue weighted by Crippen LogP contribution is 2.14. The molecule has 27 nitrogen and oxygen atoms in total. The lowest BCUT2D eigenvalue weighted by Crippen LogP contribution is -2.58. The maximum Gasteiger partial charge on any atom is 0.419 e. The lowest BCUT2D eigenvalue weighted by atomic mass is 10.0. The number of aliphatic hydroxyl groups excluding tert-OH is 4. The second kappa shape index (κ2) is 30.8. The first-order valence-corrected chi connectivity index (χ1v) is 23.9. The third-order valence-electron chi connectivity index (χ3n) is 10.0. The van der Waals surface area contributed by atoms with Gasteiger partial charge in [0, 0.05) is 25.7 Å². The van der Waals surface area contributed by atoms with E-state index in [4.69, 9.17) is 29.8 Å². The molecule has 1 heterocycles. The summed E-state index contributed by atoms with van der Waals surface area (Å²) in [5.41, 5.74) is 3.06. The molecule has 4 unspecified atom stereocenters. The number of amides is 6. The van der Waals surface area contributed by atoms with Crippen LogP contribution in [0.3, 0.4) is 0 Å². The van der Waals surface area contributed by atoms with Crippen LogP contribution in [0, 0.1) is 0 Å². The highest BCUT2D eigenvalue weighted by Gasteiger charge is 2.38. The highest BCUT2D eigenvalue weighted by molar-refractivity contribution is 5.95. The third-order valence-corrected chi connectivity index (χ3v) is 10.0. The highest BCUT2D eigenvalue weighted by atomic mass is 16.6. The number of nitrogens with one attached hydrogen (secondary N) is 6. The second-order valence-corrected chi connectivity index (χ2v) is 20.1. The van der Waals surface area contributed by atoms with E-state index in [1.165, 1.54) is 6.20 Å². The monoisotopic (exact) mass is 1050 g/mol. The number of carboxylic acid groups (broad SMARTS) is 1. The third kappa shape index (κ3) is 26.4. The molecule has 1 aromatic heterocycles. The molecule has 8 atom stereocenters. The second-order valence-electron chi connectivity index (χ2n) is 20.1. The first-order valence-electron chi connectivity index (χ1n) is 23.9. The van der Waals surface area contributed by atoms with Crippen molar-refractivity contribution in [3.05, 3.63) is 18.2 Å². The molecule has 0 saturated heterocycles. The zero-order valence-electron chi connectivity index (χ0n) is 43.5. The minimum atomic E-state index is -2.51. The number of hydrogen-bond acceptors (Lipinski definition) is 19. The van der Waals surface area contributed by atoms with Crippen molar-refractivity contribution in [3.63, 3.8) is 0 Å². The number of imidazole rings is 1. The largest absolute Gasteiger partial charge is 0.479 e. The Morgan fingerprint density at radius 1 is 0.589 bits per heavy atom. The lowest BCUT2D eigenvalue weighted by Gasteiger charge is -2.27. The van der Waals surface area contributed by atoms with E-state index >= 15 is 0 Å². The number of ether oxygens (including phenoxy) is 4. The number of alkyl carbamates (subject to hydrolysis) is 2. The van der Waals surface area contributed by atoms with Crippen molar-refractivity contribution in [2.45, 2.75) is 192 Å². The summed E-state index contributed by atoms with van der Waals surface area (Å²) in [5, 5.41) is 63.6. The Bertz CT molecular complexity index is 1980. The van der Waals surface area contributed by atoms with Gasteiger partial charge in [0.1, 0.15) is 59.5 Å². The van der Waals surface area contributed by atoms with Crippen LogP contribution in [0.15, 0.2) is 12.5 Å². The molecule has 0 fully saturated rings. The summed E-state index contributed by atoms with van der Waals surface area (Å²) in [4.78, 5) is 121. The average Bonchev–Trinajstić information content (AvgIpc) is 3.75. The summed E-state index contributed by atoms with van der Waals surface area (Å²) in [6, 6.07) is -5.50. The zero-order chi connectivity index (χ0) is 55.9. The van der Waals surface area contributed by atoms with Gasteiger partial charge in [-0.1, -0.05) is 0 Å². The number of aliphatic carboxylic acids is 1. The van der Waals surface area contributed by atoms with Crippen molar-refractivity contribution in [1.82, 2.24) is 41.5 Å². The molecule has 6 amide bonds. The molecule has 1 aromatic rings. The fraction of sp³-hybridized carbons (Fsp3) is 0.739. The Morgan fingerprint density at radius 2 is 1.04 bits per heavy atom. The van der Waals surface area contributed by atoms with Gasteiger partial charge in [0.05, 0.1) is 12.8 Å². The SMILES string of the molecule is COC(=O)C(CCCCN)NC(=O)C(CCCCNC(=O)OC(C)(C)C)NC(=O)C(Cc1cn(C(=O)OC(C)(C)C)cn1)NC(=O)C(CCCCNC(=O)[C@H](O)[C@@H](O)[C@@H](O)[C@H](O)C(=O)O)NC(=O)OC(C)(C)C. The molecule has 0 bridgehead atoms. The van der Waals surface area contributed by atoms with Crippen molar-refractivity contribution in [1.29, 1.82) is 0 Å². The van der Waals surface area contributed by atoms with Crippen LogP contribution in [0.25, 0.3) is 0 Å². The standard InChI is InChI=1S/C46H79N9O18/c1-44(2,3)71-41(67)49-22-16-13-17-27(35(60)52-29(40(66)70-10)19-11-14-20-47)51-37(62)30(23-26-24-55(25-50-26)43(69)73-46(7,8)9)53-36(61)28(54-42(68)72-45(4,5)6)18-12-15-21-48-38(63)33(58)31(56)32(57)34(59)39(64)65/h24-25,27-34,56-59H,11-23,47H2,1-10H3,(H,48,63)(H,49,67)(H,51,62)(H,52,60)(H,53,61)(H,54,68)(H,64,65)/t27?,28?,29?,30?,31-,32+,33+,34-/m0/s1.